The normalized spacial score (nSPS) is 10.6. The first kappa shape index (κ1) is 24.7. The van der Waals surface area contributed by atoms with Gasteiger partial charge in [-0.2, -0.15) is 5.26 Å². The minimum Gasteiger partial charge on any atom is -0.491 e. The van der Waals surface area contributed by atoms with Gasteiger partial charge in [0, 0.05) is 25.8 Å². The third-order valence-electron chi connectivity index (χ3n) is 4.03. The third-order valence-corrected chi connectivity index (χ3v) is 4.03. The molecule has 0 aliphatic rings. The van der Waals surface area contributed by atoms with Gasteiger partial charge in [-0.05, 0) is 43.2 Å². The smallest absolute Gasteiger partial charge is 0.191 e. The van der Waals surface area contributed by atoms with Crippen LogP contribution < -0.4 is 15.4 Å². The van der Waals surface area contributed by atoms with Gasteiger partial charge in [0.15, 0.2) is 5.96 Å². The average molecular weight is 508 g/mol. The highest BCUT2D eigenvalue weighted by atomic mass is 127. The van der Waals surface area contributed by atoms with Crippen LogP contribution in [0.4, 0.5) is 0 Å². The Morgan fingerprint density at radius 3 is 2.69 bits per heavy atom. The van der Waals surface area contributed by atoms with Crippen LogP contribution in [0.3, 0.4) is 0 Å². The Morgan fingerprint density at radius 2 is 1.97 bits per heavy atom. The molecule has 0 aliphatic carbocycles. The highest BCUT2D eigenvalue weighted by molar-refractivity contribution is 14.0. The van der Waals surface area contributed by atoms with E-state index in [4.69, 9.17) is 14.7 Å². The Hall–Kier alpha value is -2.31. The average Bonchev–Trinajstić information content (AvgIpc) is 2.71. The first-order valence-electron chi connectivity index (χ1n) is 9.38. The van der Waals surface area contributed by atoms with Gasteiger partial charge in [0.05, 0.1) is 24.8 Å². The van der Waals surface area contributed by atoms with E-state index in [0.29, 0.717) is 37.8 Å². The van der Waals surface area contributed by atoms with Crippen LogP contribution in [0.15, 0.2) is 47.5 Å². The van der Waals surface area contributed by atoms with E-state index in [0.717, 1.165) is 29.0 Å². The molecule has 7 heteroatoms. The number of ether oxygens (including phenoxy) is 2. The zero-order valence-corrected chi connectivity index (χ0v) is 19.5. The van der Waals surface area contributed by atoms with Crippen LogP contribution in [0, 0.1) is 18.3 Å². The molecule has 156 valence electrons. The first-order chi connectivity index (χ1) is 13.7. The highest BCUT2D eigenvalue weighted by Crippen LogP contribution is 2.20. The van der Waals surface area contributed by atoms with Crippen molar-refractivity contribution in [1.82, 2.24) is 10.6 Å². The summed E-state index contributed by atoms with van der Waals surface area (Å²) in [5.41, 5.74) is 3.84. The van der Waals surface area contributed by atoms with E-state index in [1.54, 1.807) is 13.2 Å². The standard InChI is InChI=1S/C22H28N4O2.HI/c1-4-24-22(25-15-19-7-5-6-18(13-19)14-23)26-16-20-9-8-17(2)12-21(20)28-11-10-27-3;/h5-9,12-13H,4,10-11,15-16H2,1-3H3,(H2,24,25,26);1H. The van der Waals surface area contributed by atoms with Crippen molar-refractivity contribution >= 4 is 29.9 Å². The van der Waals surface area contributed by atoms with E-state index >= 15 is 0 Å². The van der Waals surface area contributed by atoms with Crippen molar-refractivity contribution in [1.29, 1.82) is 5.26 Å². The lowest BCUT2D eigenvalue weighted by Gasteiger charge is -2.15. The van der Waals surface area contributed by atoms with Gasteiger partial charge in [0.25, 0.3) is 0 Å². The molecule has 29 heavy (non-hydrogen) atoms. The number of aliphatic imine (C=N–C) groups is 1. The molecule has 2 N–H and O–H groups in total. The highest BCUT2D eigenvalue weighted by Gasteiger charge is 2.06. The lowest BCUT2D eigenvalue weighted by molar-refractivity contribution is 0.145. The maximum absolute atomic E-state index is 9.03. The topological polar surface area (TPSA) is 78.7 Å². The van der Waals surface area contributed by atoms with Gasteiger partial charge in [-0.3, -0.25) is 0 Å². The molecule has 0 radical (unpaired) electrons. The van der Waals surface area contributed by atoms with Gasteiger partial charge in [-0.25, -0.2) is 4.99 Å². The second-order valence-electron chi connectivity index (χ2n) is 6.31. The van der Waals surface area contributed by atoms with Crippen molar-refractivity contribution in [2.75, 3.05) is 26.9 Å². The van der Waals surface area contributed by atoms with Crippen molar-refractivity contribution in [3.8, 4) is 11.8 Å². The molecule has 0 saturated heterocycles. The lowest BCUT2D eigenvalue weighted by Crippen LogP contribution is -2.36. The molecule has 2 aromatic rings. The minimum atomic E-state index is 0. The fourth-order valence-corrected chi connectivity index (χ4v) is 2.61. The summed E-state index contributed by atoms with van der Waals surface area (Å²) >= 11 is 0. The summed E-state index contributed by atoms with van der Waals surface area (Å²) in [6.07, 6.45) is 0. The van der Waals surface area contributed by atoms with E-state index in [9.17, 15) is 0 Å². The maximum Gasteiger partial charge on any atom is 0.191 e. The van der Waals surface area contributed by atoms with Crippen molar-refractivity contribution in [3.63, 3.8) is 0 Å². The van der Waals surface area contributed by atoms with Crippen LogP contribution in [0.5, 0.6) is 5.75 Å². The predicted molar refractivity (Wildman–Crippen MR) is 127 cm³/mol. The number of halogens is 1. The molecule has 0 fully saturated rings. The largest absolute Gasteiger partial charge is 0.491 e. The molecule has 0 atom stereocenters. The molecule has 0 aromatic heterocycles. The van der Waals surface area contributed by atoms with E-state index in [-0.39, 0.29) is 24.0 Å². The number of methoxy groups -OCH3 is 1. The number of guanidine groups is 1. The molecule has 2 aromatic carbocycles. The molecule has 0 aliphatic heterocycles. The zero-order valence-electron chi connectivity index (χ0n) is 17.2. The fraction of sp³-hybridized carbons (Fsp3) is 0.364. The monoisotopic (exact) mass is 508 g/mol. The number of hydrogen-bond acceptors (Lipinski definition) is 4. The molecular weight excluding hydrogens is 479 g/mol. The second-order valence-corrected chi connectivity index (χ2v) is 6.31. The number of nitrogens with zero attached hydrogens (tertiary/aromatic N) is 2. The van der Waals surface area contributed by atoms with Gasteiger partial charge in [-0.1, -0.05) is 24.3 Å². The Bertz CT molecular complexity index is 834. The van der Waals surface area contributed by atoms with Gasteiger partial charge in [0.1, 0.15) is 12.4 Å². The van der Waals surface area contributed by atoms with Crippen molar-refractivity contribution in [2.24, 2.45) is 4.99 Å². The zero-order chi connectivity index (χ0) is 20.2. The Balaban J connectivity index is 0.00000420. The number of hydrogen-bond donors (Lipinski definition) is 2. The number of nitriles is 1. The van der Waals surface area contributed by atoms with E-state index < -0.39 is 0 Å². The van der Waals surface area contributed by atoms with Crippen LogP contribution in [0.25, 0.3) is 0 Å². The fourth-order valence-electron chi connectivity index (χ4n) is 2.61. The minimum absolute atomic E-state index is 0. The summed E-state index contributed by atoms with van der Waals surface area (Å²) in [5.74, 6) is 1.57. The van der Waals surface area contributed by atoms with Crippen molar-refractivity contribution < 1.29 is 9.47 Å². The molecule has 0 unspecified atom stereocenters. The van der Waals surface area contributed by atoms with Crippen LogP contribution >= 0.6 is 24.0 Å². The SMILES string of the molecule is CCNC(=NCc1cccc(C#N)c1)NCc1ccc(C)cc1OCCOC.I. The summed E-state index contributed by atoms with van der Waals surface area (Å²) in [6.45, 7) is 6.97. The summed E-state index contributed by atoms with van der Waals surface area (Å²) in [5, 5.41) is 15.6. The van der Waals surface area contributed by atoms with Crippen molar-refractivity contribution in [3.05, 3.63) is 64.7 Å². The summed E-state index contributed by atoms with van der Waals surface area (Å²) in [4.78, 5) is 4.62. The Kier molecular flexibility index (Phi) is 11.8. The summed E-state index contributed by atoms with van der Waals surface area (Å²) < 4.78 is 10.9. The number of benzene rings is 2. The second kappa shape index (κ2) is 13.8. The van der Waals surface area contributed by atoms with Crippen molar-refractivity contribution in [2.45, 2.75) is 26.9 Å². The predicted octanol–water partition coefficient (Wildman–Crippen LogP) is 3.77. The van der Waals surface area contributed by atoms with Gasteiger partial charge in [0.2, 0.25) is 0 Å². The van der Waals surface area contributed by atoms with Gasteiger partial charge < -0.3 is 20.1 Å². The molecule has 2 rings (SSSR count). The molecule has 6 nitrogen and oxygen atoms in total. The molecule has 0 bridgehead atoms. The van der Waals surface area contributed by atoms with Gasteiger partial charge >= 0.3 is 0 Å². The molecular formula is C22H29IN4O2. The number of nitrogens with one attached hydrogen (secondary N) is 2. The lowest BCUT2D eigenvalue weighted by atomic mass is 10.1. The maximum atomic E-state index is 9.03. The summed E-state index contributed by atoms with van der Waals surface area (Å²) in [7, 11) is 1.66. The van der Waals surface area contributed by atoms with E-state index in [1.165, 1.54) is 0 Å². The molecule has 0 heterocycles. The summed E-state index contributed by atoms with van der Waals surface area (Å²) in [6, 6.07) is 15.8. The van der Waals surface area contributed by atoms with Crippen LogP contribution in [0.2, 0.25) is 0 Å². The van der Waals surface area contributed by atoms with E-state index in [1.807, 2.05) is 38.1 Å². The van der Waals surface area contributed by atoms with Gasteiger partial charge in [-0.15, -0.1) is 24.0 Å². The van der Waals surface area contributed by atoms with Crippen LogP contribution in [-0.4, -0.2) is 32.8 Å². The Labute approximate surface area is 190 Å². The van der Waals surface area contributed by atoms with Crippen LogP contribution in [-0.2, 0) is 17.8 Å². The molecule has 0 spiro atoms. The van der Waals surface area contributed by atoms with Crippen LogP contribution in [0.1, 0.15) is 29.2 Å². The molecule has 0 saturated carbocycles. The quantitative estimate of drug-likeness (QED) is 0.234. The number of rotatable bonds is 9. The first-order valence-corrected chi connectivity index (χ1v) is 9.38. The molecule has 0 amide bonds. The third kappa shape index (κ3) is 8.71. The number of aryl methyl sites for hydroxylation is 1. The van der Waals surface area contributed by atoms with E-state index in [2.05, 4.69) is 33.8 Å². The Morgan fingerprint density at radius 1 is 1.14 bits per heavy atom.